The largest absolute Gasteiger partial charge is 0.247 e. The lowest BCUT2D eigenvalue weighted by Gasteiger charge is -1.97. The molecule has 0 aromatic rings. The molecular weight excluding hydrogens is 115 g/mol. The average Bonchev–Trinajstić information content (AvgIpc) is 1.68. The van der Waals surface area contributed by atoms with E-state index in [1.807, 2.05) is 6.92 Å². The Morgan fingerprint density at radius 3 is 2.43 bits per heavy atom. The van der Waals surface area contributed by atoms with Crippen LogP contribution in [0.15, 0.2) is 0 Å². The molecule has 0 heterocycles. The monoisotopic (exact) mass is 124 g/mol. The van der Waals surface area contributed by atoms with Crippen LogP contribution in [0.3, 0.4) is 0 Å². The molecule has 0 aromatic carbocycles. The lowest BCUT2D eigenvalue weighted by molar-refractivity contribution is 0.317. The molecule has 0 saturated heterocycles. The summed E-state index contributed by atoms with van der Waals surface area (Å²) in [4.78, 5) is 0. The highest BCUT2D eigenvalue weighted by atomic mass is 35.5. The zero-order valence-electron chi connectivity index (χ0n) is 4.45. The first-order valence-electron chi connectivity index (χ1n) is 2.51. The van der Waals surface area contributed by atoms with Crippen LogP contribution in [0, 0.1) is 0 Å². The SMILES string of the molecule is CCC(F)CCCl. The van der Waals surface area contributed by atoms with Gasteiger partial charge in [0.25, 0.3) is 0 Å². The van der Waals surface area contributed by atoms with Gasteiger partial charge in [0.1, 0.15) is 6.17 Å². The predicted molar refractivity (Wildman–Crippen MR) is 30.5 cm³/mol. The highest BCUT2D eigenvalue weighted by Gasteiger charge is 1.98. The van der Waals surface area contributed by atoms with Gasteiger partial charge in [-0.05, 0) is 12.8 Å². The van der Waals surface area contributed by atoms with Gasteiger partial charge < -0.3 is 0 Å². The molecule has 0 aliphatic heterocycles. The summed E-state index contributed by atoms with van der Waals surface area (Å²) >= 11 is 5.24. The van der Waals surface area contributed by atoms with Crippen molar-refractivity contribution in [2.75, 3.05) is 5.88 Å². The van der Waals surface area contributed by atoms with Gasteiger partial charge in [-0.3, -0.25) is 0 Å². The molecule has 1 atom stereocenters. The van der Waals surface area contributed by atoms with Crippen molar-refractivity contribution in [2.24, 2.45) is 0 Å². The van der Waals surface area contributed by atoms with Crippen LogP contribution in [0.4, 0.5) is 4.39 Å². The Balaban J connectivity index is 2.83. The van der Waals surface area contributed by atoms with E-state index in [9.17, 15) is 4.39 Å². The quantitative estimate of drug-likeness (QED) is 0.507. The summed E-state index contributed by atoms with van der Waals surface area (Å²) in [5, 5.41) is 0. The normalized spacial score (nSPS) is 14.1. The van der Waals surface area contributed by atoms with Gasteiger partial charge in [0.05, 0.1) is 0 Å². The van der Waals surface area contributed by atoms with Gasteiger partial charge in [-0.1, -0.05) is 6.92 Å². The number of rotatable bonds is 3. The first-order chi connectivity index (χ1) is 3.31. The molecule has 0 radical (unpaired) electrons. The summed E-state index contributed by atoms with van der Waals surface area (Å²) in [5.74, 6) is 0.439. The Bertz CT molecular complexity index is 39.1. The van der Waals surface area contributed by atoms with Crippen molar-refractivity contribution in [3.8, 4) is 0 Å². The number of alkyl halides is 2. The third-order valence-corrected chi connectivity index (χ3v) is 1.08. The van der Waals surface area contributed by atoms with Crippen molar-refractivity contribution in [3.63, 3.8) is 0 Å². The van der Waals surface area contributed by atoms with Gasteiger partial charge >= 0.3 is 0 Å². The van der Waals surface area contributed by atoms with Gasteiger partial charge in [0.15, 0.2) is 0 Å². The maximum Gasteiger partial charge on any atom is 0.101 e. The standard InChI is InChI=1S/C5H10ClF/c1-2-5(7)3-4-6/h5H,2-4H2,1H3. The van der Waals surface area contributed by atoms with Crippen LogP contribution in [0.25, 0.3) is 0 Å². The summed E-state index contributed by atoms with van der Waals surface area (Å²) in [6.45, 7) is 1.82. The molecule has 0 aromatic heterocycles. The third-order valence-electron chi connectivity index (χ3n) is 0.865. The van der Waals surface area contributed by atoms with Gasteiger partial charge in [0, 0.05) is 5.88 Å². The van der Waals surface area contributed by atoms with Crippen molar-refractivity contribution >= 4 is 11.6 Å². The molecule has 0 nitrogen and oxygen atoms in total. The van der Waals surface area contributed by atoms with E-state index in [0.29, 0.717) is 18.7 Å². The zero-order valence-corrected chi connectivity index (χ0v) is 5.21. The second kappa shape index (κ2) is 4.38. The van der Waals surface area contributed by atoms with Crippen molar-refractivity contribution in [1.82, 2.24) is 0 Å². The smallest absolute Gasteiger partial charge is 0.101 e. The first kappa shape index (κ1) is 7.22. The first-order valence-corrected chi connectivity index (χ1v) is 3.04. The van der Waals surface area contributed by atoms with Crippen molar-refractivity contribution in [2.45, 2.75) is 25.9 Å². The minimum Gasteiger partial charge on any atom is -0.247 e. The average molecular weight is 125 g/mol. The van der Waals surface area contributed by atoms with Crippen molar-refractivity contribution in [3.05, 3.63) is 0 Å². The minimum atomic E-state index is -0.683. The van der Waals surface area contributed by atoms with E-state index in [1.165, 1.54) is 0 Å². The van der Waals surface area contributed by atoms with Crippen LogP contribution >= 0.6 is 11.6 Å². The van der Waals surface area contributed by atoms with E-state index >= 15 is 0 Å². The van der Waals surface area contributed by atoms with Crippen LogP contribution in [-0.2, 0) is 0 Å². The molecule has 0 aliphatic carbocycles. The Hall–Kier alpha value is 0.220. The van der Waals surface area contributed by atoms with Crippen LogP contribution < -0.4 is 0 Å². The number of hydrogen-bond donors (Lipinski definition) is 0. The molecule has 0 saturated carbocycles. The molecule has 0 bridgehead atoms. The summed E-state index contributed by atoms with van der Waals surface area (Å²) in [6, 6.07) is 0. The van der Waals surface area contributed by atoms with Crippen LogP contribution in [0.2, 0.25) is 0 Å². The maximum atomic E-state index is 12.0. The van der Waals surface area contributed by atoms with E-state index in [0.717, 1.165) is 0 Å². The van der Waals surface area contributed by atoms with Gasteiger partial charge in [0.2, 0.25) is 0 Å². The summed E-state index contributed by atoms with van der Waals surface area (Å²) < 4.78 is 12.0. The Labute approximate surface area is 48.7 Å². The molecule has 44 valence electrons. The molecule has 7 heavy (non-hydrogen) atoms. The fourth-order valence-corrected chi connectivity index (χ4v) is 0.559. The minimum absolute atomic E-state index is 0.439. The molecule has 0 amide bonds. The van der Waals surface area contributed by atoms with Gasteiger partial charge in [-0.15, -0.1) is 11.6 Å². The molecule has 2 heteroatoms. The second-order valence-electron chi connectivity index (χ2n) is 1.48. The lowest BCUT2D eigenvalue weighted by Crippen LogP contribution is -1.96. The topological polar surface area (TPSA) is 0 Å². The Morgan fingerprint density at radius 1 is 1.71 bits per heavy atom. The van der Waals surface area contributed by atoms with Crippen molar-refractivity contribution in [1.29, 1.82) is 0 Å². The summed E-state index contributed by atoms with van der Waals surface area (Å²) in [7, 11) is 0. The number of hydrogen-bond acceptors (Lipinski definition) is 0. The maximum absolute atomic E-state index is 12.0. The van der Waals surface area contributed by atoms with Crippen LogP contribution in [0.5, 0.6) is 0 Å². The van der Waals surface area contributed by atoms with Crippen LogP contribution in [0.1, 0.15) is 19.8 Å². The third kappa shape index (κ3) is 4.07. The fraction of sp³-hybridized carbons (Fsp3) is 1.00. The fourth-order valence-electron chi connectivity index (χ4n) is 0.323. The lowest BCUT2D eigenvalue weighted by atomic mass is 10.2. The van der Waals surface area contributed by atoms with E-state index in [2.05, 4.69) is 0 Å². The highest BCUT2D eigenvalue weighted by molar-refractivity contribution is 6.17. The number of halogens is 2. The van der Waals surface area contributed by atoms with E-state index in [1.54, 1.807) is 0 Å². The highest BCUT2D eigenvalue weighted by Crippen LogP contribution is 2.02. The molecule has 0 N–H and O–H groups in total. The zero-order chi connectivity index (χ0) is 5.70. The van der Waals surface area contributed by atoms with E-state index in [-0.39, 0.29) is 0 Å². The van der Waals surface area contributed by atoms with E-state index in [4.69, 9.17) is 11.6 Å². The summed E-state index contributed by atoms with van der Waals surface area (Å²) in [6.07, 6.45) is 0.405. The van der Waals surface area contributed by atoms with Gasteiger partial charge in [-0.2, -0.15) is 0 Å². The predicted octanol–water partition coefficient (Wildman–Crippen LogP) is 2.36. The molecular formula is C5H10ClF. The molecule has 0 aliphatic rings. The molecule has 0 rings (SSSR count). The van der Waals surface area contributed by atoms with E-state index < -0.39 is 6.17 Å². The Kier molecular flexibility index (Phi) is 4.52. The molecule has 0 spiro atoms. The van der Waals surface area contributed by atoms with Crippen molar-refractivity contribution < 1.29 is 4.39 Å². The molecule has 0 fully saturated rings. The molecule has 1 unspecified atom stereocenters. The second-order valence-corrected chi connectivity index (χ2v) is 1.86. The Morgan fingerprint density at radius 2 is 2.29 bits per heavy atom. The van der Waals surface area contributed by atoms with Gasteiger partial charge in [-0.25, -0.2) is 4.39 Å². The summed E-state index contributed by atoms with van der Waals surface area (Å²) in [5.41, 5.74) is 0. The van der Waals surface area contributed by atoms with Crippen LogP contribution in [-0.4, -0.2) is 12.1 Å².